The SMILES string of the molecule is CCOC(=O)CN(C)C(=O)N1CCCCC1CC(=O)O. The zero-order chi connectivity index (χ0) is 15.1. The number of aliphatic carboxylic acids is 1. The van der Waals surface area contributed by atoms with E-state index >= 15 is 0 Å². The molecule has 1 rings (SSSR count). The van der Waals surface area contributed by atoms with Crippen molar-refractivity contribution in [2.75, 3.05) is 26.7 Å². The number of rotatable bonds is 5. The zero-order valence-electron chi connectivity index (χ0n) is 12.0. The van der Waals surface area contributed by atoms with Crippen LogP contribution >= 0.6 is 0 Å². The van der Waals surface area contributed by atoms with E-state index in [4.69, 9.17) is 9.84 Å². The second-order valence-electron chi connectivity index (χ2n) is 4.88. The fourth-order valence-electron chi connectivity index (χ4n) is 2.35. The molecule has 2 amide bonds. The van der Waals surface area contributed by atoms with Gasteiger partial charge in [0.15, 0.2) is 0 Å². The number of carbonyl (C=O) groups is 3. The maximum Gasteiger partial charge on any atom is 0.325 e. The molecule has 1 aliphatic heterocycles. The minimum absolute atomic E-state index is 0.0566. The lowest BCUT2D eigenvalue weighted by Crippen LogP contribution is -2.50. The normalized spacial score (nSPS) is 18.5. The van der Waals surface area contributed by atoms with Crippen LogP contribution in [-0.2, 0) is 14.3 Å². The second kappa shape index (κ2) is 7.72. The third-order valence-electron chi connectivity index (χ3n) is 3.28. The molecule has 1 atom stereocenters. The zero-order valence-corrected chi connectivity index (χ0v) is 12.0. The number of likely N-dealkylation sites (tertiary alicyclic amines) is 1. The van der Waals surface area contributed by atoms with Gasteiger partial charge in [-0.2, -0.15) is 0 Å². The molecule has 0 bridgehead atoms. The number of hydrogen-bond donors (Lipinski definition) is 1. The van der Waals surface area contributed by atoms with Crippen LogP contribution in [0.25, 0.3) is 0 Å². The number of piperidine rings is 1. The molecule has 7 heteroatoms. The first-order valence-electron chi connectivity index (χ1n) is 6.84. The van der Waals surface area contributed by atoms with Gasteiger partial charge in [-0.1, -0.05) is 0 Å². The highest BCUT2D eigenvalue weighted by molar-refractivity contribution is 5.81. The Hall–Kier alpha value is -1.79. The van der Waals surface area contributed by atoms with E-state index in [9.17, 15) is 14.4 Å². The molecule has 114 valence electrons. The number of esters is 1. The number of hydrogen-bond acceptors (Lipinski definition) is 4. The Bertz CT molecular complexity index is 372. The van der Waals surface area contributed by atoms with E-state index in [-0.39, 0.29) is 31.6 Å². The van der Waals surface area contributed by atoms with Crippen LogP contribution in [0.4, 0.5) is 4.79 Å². The van der Waals surface area contributed by atoms with Gasteiger partial charge < -0.3 is 19.6 Å². The highest BCUT2D eigenvalue weighted by atomic mass is 16.5. The van der Waals surface area contributed by atoms with Gasteiger partial charge in [-0.15, -0.1) is 0 Å². The molecule has 0 saturated carbocycles. The first-order valence-corrected chi connectivity index (χ1v) is 6.84. The lowest BCUT2D eigenvalue weighted by Gasteiger charge is -2.37. The van der Waals surface area contributed by atoms with Gasteiger partial charge in [0, 0.05) is 19.6 Å². The fraction of sp³-hybridized carbons (Fsp3) is 0.769. The molecule has 1 heterocycles. The number of amides is 2. The van der Waals surface area contributed by atoms with Gasteiger partial charge in [0.05, 0.1) is 13.0 Å². The maximum absolute atomic E-state index is 12.3. The molecule has 0 aromatic carbocycles. The molecule has 1 saturated heterocycles. The summed E-state index contributed by atoms with van der Waals surface area (Å²) in [7, 11) is 1.52. The van der Waals surface area contributed by atoms with Gasteiger partial charge in [-0.25, -0.2) is 4.79 Å². The second-order valence-corrected chi connectivity index (χ2v) is 4.88. The van der Waals surface area contributed by atoms with Gasteiger partial charge in [-0.3, -0.25) is 9.59 Å². The van der Waals surface area contributed by atoms with Gasteiger partial charge in [0.25, 0.3) is 0 Å². The summed E-state index contributed by atoms with van der Waals surface area (Å²) in [6.45, 7) is 2.38. The lowest BCUT2D eigenvalue weighted by molar-refractivity contribution is -0.144. The van der Waals surface area contributed by atoms with E-state index in [2.05, 4.69) is 0 Å². The molecule has 0 aromatic rings. The van der Waals surface area contributed by atoms with Crippen LogP contribution in [-0.4, -0.2) is 65.7 Å². The van der Waals surface area contributed by atoms with Crippen molar-refractivity contribution >= 4 is 18.0 Å². The van der Waals surface area contributed by atoms with Crippen LogP contribution in [0.1, 0.15) is 32.6 Å². The van der Waals surface area contributed by atoms with Gasteiger partial charge >= 0.3 is 18.0 Å². The minimum Gasteiger partial charge on any atom is -0.481 e. The van der Waals surface area contributed by atoms with Gasteiger partial charge in [0.1, 0.15) is 6.54 Å². The monoisotopic (exact) mass is 286 g/mol. The number of nitrogens with zero attached hydrogens (tertiary/aromatic N) is 2. The van der Waals surface area contributed by atoms with E-state index in [1.807, 2.05) is 0 Å². The van der Waals surface area contributed by atoms with Crippen LogP contribution in [0.3, 0.4) is 0 Å². The molecule has 0 spiro atoms. The summed E-state index contributed by atoms with van der Waals surface area (Å²) in [4.78, 5) is 37.3. The smallest absolute Gasteiger partial charge is 0.325 e. The van der Waals surface area contributed by atoms with Crippen LogP contribution in [0.15, 0.2) is 0 Å². The van der Waals surface area contributed by atoms with Crippen molar-refractivity contribution < 1.29 is 24.2 Å². The molecule has 0 aromatic heterocycles. The first-order chi connectivity index (χ1) is 9.45. The summed E-state index contributed by atoms with van der Waals surface area (Å²) in [5.41, 5.74) is 0. The van der Waals surface area contributed by atoms with Crippen molar-refractivity contribution in [3.8, 4) is 0 Å². The number of ether oxygens (including phenoxy) is 1. The Morgan fingerprint density at radius 2 is 2.05 bits per heavy atom. The third-order valence-corrected chi connectivity index (χ3v) is 3.28. The molecule has 0 aliphatic carbocycles. The van der Waals surface area contributed by atoms with Crippen LogP contribution in [0, 0.1) is 0 Å². The molecule has 1 N–H and O–H groups in total. The molecular formula is C13H22N2O5. The Kier molecular flexibility index (Phi) is 6.27. The summed E-state index contributed by atoms with van der Waals surface area (Å²) >= 11 is 0. The summed E-state index contributed by atoms with van der Waals surface area (Å²) < 4.78 is 4.80. The molecule has 20 heavy (non-hydrogen) atoms. The lowest BCUT2D eigenvalue weighted by atomic mass is 10.00. The van der Waals surface area contributed by atoms with Crippen LogP contribution < -0.4 is 0 Å². The van der Waals surface area contributed by atoms with Gasteiger partial charge in [0.2, 0.25) is 0 Å². The van der Waals surface area contributed by atoms with Crippen molar-refractivity contribution in [1.82, 2.24) is 9.80 Å². The van der Waals surface area contributed by atoms with Crippen molar-refractivity contribution in [2.45, 2.75) is 38.6 Å². The van der Waals surface area contributed by atoms with E-state index in [0.29, 0.717) is 13.0 Å². The third kappa shape index (κ3) is 4.71. The average molecular weight is 286 g/mol. The van der Waals surface area contributed by atoms with Crippen molar-refractivity contribution in [2.24, 2.45) is 0 Å². The summed E-state index contributed by atoms with van der Waals surface area (Å²) in [6, 6.07) is -0.609. The number of carboxylic acid groups (broad SMARTS) is 1. The first kappa shape index (κ1) is 16.3. The average Bonchev–Trinajstić information content (AvgIpc) is 2.38. The largest absolute Gasteiger partial charge is 0.481 e. The maximum atomic E-state index is 12.3. The number of carboxylic acids is 1. The van der Waals surface area contributed by atoms with E-state index < -0.39 is 11.9 Å². The number of carbonyl (C=O) groups excluding carboxylic acids is 2. The fourth-order valence-corrected chi connectivity index (χ4v) is 2.35. The van der Waals surface area contributed by atoms with E-state index in [0.717, 1.165) is 12.8 Å². The summed E-state index contributed by atoms with van der Waals surface area (Å²) in [6.07, 6.45) is 2.41. The van der Waals surface area contributed by atoms with Crippen LogP contribution in [0.5, 0.6) is 0 Å². The van der Waals surface area contributed by atoms with Gasteiger partial charge in [-0.05, 0) is 26.2 Å². The standard InChI is InChI=1S/C13H22N2O5/c1-3-20-12(18)9-14(2)13(19)15-7-5-4-6-10(15)8-11(16)17/h10H,3-9H2,1-2H3,(H,16,17). The van der Waals surface area contributed by atoms with Crippen molar-refractivity contribution in [3.63, 3.8) is 0 Å². The molecule has 0 radical (unpaired) electrons. The summed E-state index contributed by atoms with van der Waals surface area (Å²) in [5.74, 6) is -1.38. The molecule has 7 nitrogen and oxygen atoms in total. The quantitative estimate of drug-likeness (QED) is 0.760. The molecular weight excluding hydrogens is 264 g/mol. The van der Waals surface area contributed by atoms with Crippen molar-refractivity contribution in [3.05, 3.63) is 0 Å². The predicted molar refractivity (Wildman–Crippen MR) is 71.3 cm³/mol. The van der Waals surface area contributed by atoms with Crippen molar-refractivity contribution in [1.29, 1.82) is 0 Å². The predicted octanol–water partition coefficient (Wildman–Crippen LogP) is 0.930. The van der Waals surface area contributed by atoms with E-state index in [1.54, 1.807) is 11.8 Å². The molecule has 1 fully saturated rings. The molecule has 1 unspecified atom stereocenters. The highest BCUT2D eigenvalue weighted by Gasteiger charge is 2.30. The van der Waals surface area contributed by atoms with E-state index in [1.165, 1.54) is 11.9 Å². The Morgan fingerprint density at radius 1 is 1.35 bits per heavy atom. The summed E-state index contributed by atoms with van der Waals surface area (Å²) in [5, 5.41) is 8.89. The minimum atomic E-state index is -0.914. The Labute approximate surface area is 118 Å². The highest BCUT2D eigenvalue weighted by Crippen LogP contribution is 2.21. The van der Waals surface area contributed by atoms with Crippen LogP contribution in [0.2, 0.25) is 0 Å². The molecule has 1 aliphatic rings. The number of likely N-dealkylation sites (N-methyl/N-ethyl adjacent to an activating group) is 1. The topological polar surface area (TPSA) is 87.2 Å². The Morgan fingerprint density at radius 3 is 2.65 bits per heavy atom. The number of urea groups is 1. The Balaban J connectivity index is 2.62.